The molecule has 0 atom stereocenters. The molecule has 0 saturated heterocycles. The van der Waals surface area contributed by atoms with E-state index >= 15 is 0 Å². The van der Waals surface area contributed by atoms with Crippen LogP contribution in [0.5, 0.6) is 0 Å². The molecule has 51 heavy (non-hydrogen) atoms. The number of rotatable bonds is 3. The zero-order valence-corrected chi connectivity index (χ0v) is 33.5. The van der Waals surface area contributed by atoms with Crippen molar-refractivity contribution in [3.63, 3.8) is 0 Å². The van der Waals surface area contributed by atoms with Crippen molar-refractivity contribution in [2.24, 2.45) is 0 Å². The Morgan fingerprint density at radius 1 is 0.608 bits per heavy atom. The van der Waals surface area contributed by atoms with Gasteiger partial charge in [0.05, 0.1) is 16.9 Å². The van der Waals surface area contributed by atoms with Crippen LogP contribution in [0.3, 0.4) is 0 Å². The molecule has 0 fully saturated rings. The first-order chi connectivity index (χ1) is 23.6. The van der Waals surface area contributed by atoms with Gasteiger partial charge in [-0.3, -0.25) is 0 Å². The van der Waals surface area contributed by atoms with Crippen LogP contribution in [0, 0.1) is 6.92 Å². The second kappa shape index (κ2) is 12.1. The molecule has 5 nitrogen and oxygen atoms in total. The van der Waals surface area contributed by atoms with Crippen LogP contribution < -0.4 is 9.97 Å². The summed E-state index contributed by atoms with van der Waals surface area (Å²) in [5.41, 5.74) is 12.7. The summed E-state index contributed by atoms with van der Waals surface area (Å²) >= 11 is 0. The Morgan fingerprint density at radius 3 is 2.02 bits per heavy atom. The molecule has 260 valence electrons. The van der Waals surface area contributed by atoms with E-state index in [1.54, 1.807) is 0 Å². The molecule has 0 N–H and O–H groups in total. The standard InChI is InChI=1S/C45H45N5.Pt/c1-26-19-27-17-18-46-40(27)34(20-26)37-24-30(45(8,9)10)25-39(47-37)50-38-14-12-11-13-31(38)42(49-50)35-23-29(44(5,6)7)22-33-32-21-28(43(2,3)4)15-16-36(32)48-41(33)35;/h11-25H,1-10H3;/q-2;+2. The van der Waals surface area contributed by atoms with Gasteiger partial charge in [0.15, 0.2) is 5.82 Å². The van der Waals surface area contributed by atoms with Gasteiger partial charge in [-0.2, -0.15) is 11.3 Å². The molecule has 0 aliphatic carbocycles. The van der Waals surface area contributed by atoms with Gasteiger partial charge in [-0.1, -0.05) is 129 Å². The van der Waals surface area contributed by atoms with Crippen LogP contribution in [0.2, 0.25) is 0 Å². The molecule has 0 unspecified atom stereocenters. The minimum Gasteiger partial charge on any atom is -0.663 e. The number of fused-ring (bicyclic) bond motifs is 5. The summed E-state index contributed by atoms with van der Waals surface area (Å²) in [6.45, 7) is 22.5. The Hall–Kier alpha value is -4.47. The summed E-state index contributed by atoms with van der Waals surface area (Å²) < 4.78 is 2.03. The van der Waals surface area contributed by atoms with Crippen molar-refractivity contribution >= 4 is 43.6 Å². The smallest absolute Gasteiger partial charge is 0.663 e. The molecular formula is C45H45N5Pt. The number of para-hydroxylation sites is 1. The van der Waals surface area contributed by atoms with Crippen molar-refractivity contribution in [1.29, 1.82) is 0 Å². The number of nitrogens with zero attached hydrogens (tertiary/aromatic N) is 5. The fraction of sp³-hybridized carbons (Fsp3) is 0.289. The predicted octanol–water partition coefficient (Wildman–Crippen LogP) is 11.3. The second-order valence-electron chi connectivity index (χ2n) is 17.1. The number of pyridine rings is 1. The number of aryl methyl sites for hydroxylation is 1. The van der Waals surface area contributed by atoms with E-state index in [2.05, 4.69) is 154 Å². The van der Waals surface area contributed by atoms with Gasteiger partial charge in [0.1, 0.15) is 0 Å². The molecule has 0 radical (unpaired) electrons. The summed E-state index contributed by atoms with van der Waals surface area (Å²) in [6.07, 6.45) is 1.88. The first-order valence-corrected chi connectivity index (χ1v) is 17.6. The van der Waals surface area contributed by atoms with E-state index in [1.807, 2.05) is 10.9 Å². The molecule has 8 aromatic rings. The first kappa shape index (κ1) is 35.0. The number of aromatic nitrogens is 5. The van der Waals surface area contributed by atoms with Crippen molar-refractivity contribution < 1.29 is 21.1 Å². The summed E-state index contributed by atoms with van der Waals surface area (Å²) in [5, 5.41) is 10.0. The fourth-order valence-corrected chi connectivity index (χ4v) is 7.11. The van der Waals surface area contributed by atoms with Crippen LogP contribution in [-0.2, 0) is 37.3 Å². The monoisotopic (exact) mass is 850 g/mol. The number of hydrogen-bond donors (Lipinski definition) is 0. The molecule has 0 saturated carbocycles. The summed E-state index contributed by atoms with van der Waals surface area (Å²) in [7, 11) is 0. The zero-order chi connectivity index (χ0) is 35.3. The van der Waals surface area contributed by atoms with Gasteiger partial charge >= 0.3 is 21.1 Å². The Kier molecular flexibility index (Phi) is 8.26. The Balaban J connectivity index is 0.00000406. The fourth-order valence-electron chi connectivity index (χ4n) is 7.11. The third-order valence-corrected chi connectivity index (χ3v) is 10.1. The molecule has 8 rings (SSSR count). The van der Waals surface area contributed by atoms with Crippen molar-refractivity contribution in [2.45, 2.75) is 85.5 Å². The van der Waals surface area contributed by atoms with Crippen molar-refractivity contribution in [3.8, 4) is 28.3 Å². The van der Waals surface area contributed by atoms with E-state index in [9.17, 15) is 0 Å². The maximum atomic E-state index is 5.46. The van der Waals surface area contributed by atoms with Gasteiger partial charge in [0.25, 0.3) is 0 Å². The minimum atomic E-state index is -0.112. The maximum Gasteiger partial charge on any atom is 2.00 e. The van der Waals surface area contributed by atoms with E-state index in [-0.39, 0.29) is 37.3 Å². The molecule has 0 spiro atoms. The Morgan fingerprint density at radius 2 is 1.29 bits per heavy atom. The maximum absolute atomic E-state index is 5.46. The third kappa shape index (κ3) is 6.04. The summed E-state index contributed by atoms with van der Waals surface area (Å²) in [6, 6.07) is 30.8. The zero-order valence-electron chi connectivity index (χ0n) is 31.2. The largest absolute Gasteiger partial charge is 2.00 e. The van der Waals surface area contributed by atoms with Gasteiger partial charge in [-0.15, -0.1) is 16.6 Å². The van der Waals surface area contributed by atoms with Crippen molar-refractivity contribution in [3.05, 3.63) is 113 Å². The Bertz CT molecular complexity index is 2610. The molecular weight excluding hydrogens is 806 g/mol. The van der Waals surface area contributed by atoms with Crippen LogP contribution in [-0.4, -0.2) is 14.8 Å². The molecule has 4 heterocycles. The molecule has 0 bridgehead atoms. The van der Waals surface area contributed by atoms with E-state index in [0.717, 1.165) is 61.2 Å². The van der Waals surface area contributed by atoms with Crippen molar-refractivity contribution in [2.75, 3.05) is 0 Å². The van der Waals surface area contributed by atoms with Crippen LogP contribution in [0.25, 0.3) is 71.9 Å². The van der Waals surface area contributed by atoms with Gasteiger partial charge in [-0.05, 0) is 90.9 Å². The second-order valence-corrected chi connectivity index (χ2v) is 17.1. The quantitative estimate of drug-likeness (QED) is 0.178. The van der Waals surface area contributed by atoms with Gasteiger partial charge in [0, 0.05) is 5.39 Å². The topological polar surface area (TPSA) is 58.9 Å². The van der Waals surface area contributed by atoms with Crippen LogP contribution in [0.15, 0.2) is 91.1 Å². The predicted molar refractivity (Wildman–Crippen MR) is 210 cm³/mol. The van der Waals surface area contributed by atoms with Crippen LogP contribution >= 0.6 is 0 Å². The summed E-state index contributed by atoms with van der Waals surface area (Å²) in [5.74, 6) is 0.787. The molecule has 0 aliphatic rings. The van der Waals surface area contributed by atoms with Gasteiger partial charge < -0.3 is 9.97 Å². The Labute approximate surface area is 315 Å². The van der Waals surface area contributed by atoms with E-state index in [0.29, 0.717) is 0 Å². The number of benzene rings is 4. The molecule has 0 aliphatic heterocycles. The summed E-state index contributed by atoms with van der Waals surface area (Å²) in [4.78, 5) is 15.4. The normalized spacial score (nSPS) is 12.7. The average Bonchev–Trinajstić information content (AvgIpc) is 3.77. The van der Waals surface area contributed by atoms with Gasteiger partial charge in [-0.25, -0.2) is 9.67 Å². The molecule has 6 heteroatoms. The third-order valence-electron chi connectivity index (χ3n) is 10.1. The average molecular weight is 851 g/mol. The van der Waals surface area contributed by atoms with Crippen LogP contribution in [0.4, 0.5) is 0 Å². The number of hydrogen-bond acceptors (Lipinski definition) is 2. The molecule has 0 amide bonds. The SMILES string of the molecule is Cc1cc(-c2cc(C(C)(C)C)cc(-n3nc(-c4cc(C(C)(C)C)cc5c4[n-]c4ccc(C(C)(C)C)cc45)c4ccccc43)n2)c2[n-]ccc2c1.[Pt+2]. The van der Waals surface area contributed by atoms with Gasteiger partial charge in [0.2, 0.25) is 0 Å². The van der Waals surface area contributed by atoms with Crippen LogP contribution in [0.1, 0.15) is 84.6 Å². The molecule has 4 aromatic heterocycles. The van der Waals surface area contributed by atoms with E-state index in [1.165, 1.54) is 33.0 Å². The minimum absolute atomic E-state index is 0. The first-order valence-electron chi connectivity index (χ1n) is 17.6. The van der Waals surface area contributed by atoms with E-state index in [4.69, 9.17) is 20.1 Å². The molecule has 4 aromatic carbocycles. The van der Waals surface area contributed by atoms with E-state index < -0.39 is 0 Å². The van der Waals surface area contributed by atoms with Crippen molar-refractivity contribution in [1.82, 2.24) is 24.7 Å².